The summed E-state index contributed by atoms with van der Waals surface area (Å²) in [6, 6.07) is 7.68. The zero-order valence-corrected chi connectivity index (χ0v) is 16.8. The molecule has 2 heterocycles. The number of hydrogen-bond acceptors (Lipinski definition) is 5. The van der Waals surface area contributed by atoms with Gasteiger partial charge in [0.25, 0.3) is 5.91 Å². The molecule has 1 aromatic carbocycles. The van der Waals surface area contributed by atoms with Crippen molar-refractivity contribution in [2.45, 2.75) is 46.1 Å². The van der Waals surface area contributed by atoms with Crippen LogP contribution >= 0.6 is 0 Å². The van der Waals surface area contributed by atoms with Crippen LogP contribution in [0.15, 0.2) is 49.3 Å². The molecular formula is C21H25N5O2. The highest BCUT2D eigenvalue weighted by molar-refractivity contribution is 5.93. The fourth-order valence-electron chi connectivity index (χ4n) is 2.76. The van der Waals surface area contributed by atoms with Crippen LogP contribution in [0.3, 0.4) is 0 Å². The van der Waals surface area contributed by atoms with E-state index < -0.39 is 6.10 Å². The summed E-state index contributed by atoms with van der Waals surface area (Å²) in [5.41, 5.74) is 2.13. The molecule has 3 aromatic rings. The Morgan fingerprint density at radius 1 is 1.21 bits per heavy atom. The number of aryl methyl sites for hydroxylation is 1. The minimum absolute atomic E-state index is 0.0933. The average molecular weight is 379 g/mol. The second-order valence-electron chi connectivity index (χ2n) is 7.73. The number of nitrogens with one attached hydrogen (secondary N) is 1. The lowest BCUT2D eigenvalue weighted by atomic mass is 9.85. The SMILES string of the molecule is Cc1ccc(OC(C)C(=O)Nc2cc(-n3ccnc3)ncn2)c(C(C)(C)C)c1. The third-order valence-corrected chi connectivity index (χ3v) is 4.29. The molecule has 1 N–H and O–H groups in total. The fraction of sp³-hybridized carbons (Fsp3) is 0.333. The molecule has 1 amide bonds. The summed E-state index contributed by atoms with van der Waals surface area (Å²) in [5.74, 6) is 1.45. The van der Waals surface area contributed by atoms with Gasteiger partial charge in [-0.3, -0.25) is 9.36 Å². The van der Waals surface area contributed by atoms with E-state index >= 15 is 0 Å². The molecular weight excluding hydrogens is 354 g/mol. The molecule has 0 fully saturated rings. The third-order valence-electron chi connectivity index (χ3n) is 4.29. The summed E-state index contributed by atoms with van der Waals surface area (Å²) in [6.07, 6.45) is 5.77. The fourth-order valence-corrected chi connectivity index (χ4v) is 2.76. The van der Waals surface area contributed by atoms with E-state index in [0.717, 1.165) is 11.1 Å². The van der Waals surface area contributed by atoms with Crippen molar-refractivity contribution in [3.05, 3.63) is 60.4 Å². The number of carbonyl (C=O) groups excluding carboxylic acids is 1. The summed E-state index contributed by atoms with van der Waals surface area (Å²) in [6.45, 7) is 10.1. The van der Waals surface area contributed by atoms with Gasteiger partial charge in [0.1, 0.15) is 30.0 Å². The standard InChI is InChI=1S/C21H25N5O2/c1-14-6-7-17(16(10-14)21(3,4)5)28-15(2)20(27)25-18-11-19(24-12-23-18)26-9-8-22-13-26/h6-13,15H,1-5H3,(H,23,24,25,27). The number of imidazole rings is 1. The highest BCUT2D eigenvalue weighted by atomic mass is 16.5. The summed E-state index contributed by atoms with van der Waals surface area (Å²) in [4.78, 5) is 24.9. The molecule has 0 radical (unpaired) electrons. The van der Waals surface area contributed by atoms with Gasteiger partial charge in [0, 0.05) is 18.5 Å². The second-order valence-corrected chi connectivity index (χ2v) is 7.73. The lowest BCUT2D eigenvalue weighted by molar-refractivity contribution is -0.122. The number of benzene rings is 1. The lowest BCUT2D eigenvalue weighted by Gasteiger charge is -2.25. The Kier molecular flexibility index (Phi) is 5.44. The first-order chi connectivity index (χ1) is 13.2. The highest BCUT2D eigenvalue weighted by Crippen LogP contribution is 2.32. The molecule has 1 atom stereocenters. The molecule has 2 aromatic heterocycles. The van der Waals surface area contributed by atoms with Crippen LogP contribution in [0.25, 0.3) is 5.82 Å². The number of anilines is 1. The topological polar surface area (TPSA) is 81.9 Å². The molecule has 0 saturated heterocycles. The second kappa shape index (κ2) is 7.80. The Hall–Kier alpha value is -3.22. The van der Waals surface area contributed by atoms with Gasteiger partial charge in [-0.1, -0.05) is 38.5 Å². The van der Waals surface area contributed by atoms with Gasteiger partial charge in [-0.05, 0) is 30.9 Å². The maximum absolute atomic E-state index is 12.6. The Morgan fingerprint density at radius 3 is 2.68 bits per heavy atom. The normalized spacial score (nSPS) is 12.5. The summed E-state index contributed by atoms with van der Waals surface area (Å²) in [7, 11) is 0. The van der Waals surface area contributed by atoms with E-state index in [1.807, 2.05) is 19.1 Å². The van der Waals surface area contributed by atoms with Crippen molar-refractivity contribution in [3.8, 4) is 11.6 Å². The molecule has 0 spiro atoms. The predicted octanol–water partition coefficient (Wildman–Crippen LogP) is 3.67. The Labute approximate surface area is 164 Å². The Morgan fingerprint density at radius 2 is 2.00 bits per heavy atom. The van der Waals surface area contributed by atoms with Gasteiger partial charge in [-0.25, -0.2) is 15.0 Å². The molecule has 0 aliphatic carbocycles. The van der Waals surface area contributed by atoms with Crippen molar-refractivity contribution >= 4 is 11.7 Å². The van der Waals surface area contributed by atoms with Crippen LogP contribution in [0.5, 0.6) is 5.75 Å². The van der Waals surface area contributed by atoms with Gasteiger partial charge in [0.15, 0.2) is 6.10 Å². The van der Waals surface area contributed by atoms with E-state index in [2.05, 4.69) is 47.1 Å². The van der Waals surface area contributed by atoms with E-state index in [4.69, 9.17) is 4.74 Å². The summed E-state index contributed by atoms with van der Waals surface area (Å²) in [5, 5.41) is 2.79. The number of carbonyl (C=O) groups is 1. The number of rotatable bonds is 5. The van der Waals surface area contributed by atoms with Crippen LogP contribution < -0.4 is 10.1 Å². The molecule has 28 heavy (non-hydrogen) atoms. The minimum Gasteiger partial charge on any atom is -0.481 e. The summed E-state index contributed by atoms with van der Waals surface area (Å²) < 4.78 is 7.73. The summed E-state index contributed by atoms with van der Waals surface area (Å²) >= 11 is 0. The van der Waals surface area contributed by atoms with Gasteiger partial charge in [0.05, 0.1) is 0 Å². The Balaban J connectivity index is 1.73. The quantitative estimate of drug-likeness (QED) is 0.731. The van der Waals surface area contributed by atoms with Crippen LogP contribution in [0.1, 0.15) is 38.8 Å². The molecule has 3 rings (SSSR count). The average Bonchev–Trinajstić information content (AvgIpc) is 3.17. The van der Waals surface area contributed by atoms with Gasteiger partial charge >= 0.3 is 0 Å². The van der Waals surface area contributed by atoms with Crippen LogP contribution in [-0.2, 0) is 10.2 Å². The van der Waals surface area contributed by atoms with Crippen LogP contribution in [0.2, 0.25) is 0 Å². The number of nitrogens with zero attached hydrogens (tertiary/aromatic N) is 4. The third kappa shape index (κ3) is 4.54. The van der Waals surface area contributed by atoms with Crippen molar-refractivity contribution in [1.82, 2.24) is 19.5 Å². The molecule has 146 valence electrons. The first-order valence-corrected chi connectivity index (χ1v) is 9.13. The van der Waals surface area contributed by atoms with E-state index in [1.54, 1.807) is 36.3 Å². The van der Waals surface area contributed by atoms with Crippen molar-refractivity contribution in [2.75, 3.05) is 5.32 Å². The van der Waals surface area contributed by atoms with Gasteiger partial charge in [-0.2, -0.15) is 0 Å². The van der Waals surface area contributed by atoms with Crippen LogP contribution in [0.4, 0.5) is 5.82 Å². The van der Waals surface area contributed by atoms with Gasteiger partial charge in [-0.15, -0.1) is 0 Å². The number of hydrogen-bond donors (Lipinski definition) is 1. The van der Waals surface area contributed by atoms with Crippen molar-refractivity contribution in [2.24, 2.45) is 0 Å². The van der Waals surface area contributed by atoms with E-state index in [1.165, 1.54) is 6.33 Å². The minimum atomic E-state index is -0.685. The van der Waals surface area contributed by atoms with Gasteiger partial charge in [0.2, 0.25) is 0 Å². The zero-order chi connectivity index (χ0) is 20.3. The molecule has 1 unspecified atom stereocenters. The van der Waals surface area contributed by atoms with Crippen molar-refractivity contribution in [1.29, 1.82) is 0 Å². The van der Waals surface area contributed by atoms with E-state index in [-0.39, 0.29) is 11.3 Å². The first kappa shape index (κ1) is 19.5. The number of aromatic nitrogens is 4. The monoisotopic (exact) mass is 379 g/mol. The molecule has 0 bridgehead atoms. The molecule has 0 saturated carbocycles. The maximum atomic E-state index is 12.6. The van der Waals surface area contributed by atoms with Crippen LogP contribution in [-0.4, -0.2) is 31.5 Å². The first-order valence-electron chi connectivity index (χ1n) is 9.13. The predicted molar refractivity (Wildman–Crippen MR) is 108 cm³/mol. The zero-order valence-electron chi connectivity index (χ0n) is 16.8. The Bertz CT molecular complexity index is 961. The van der Waals surface area contributed by atoms with Crippen molar-refractivity contribution < 1.29 is 9.53 Å². The number of ether oxygens (including phenoxy) is 1. The largest absolute Gasteiger partial charge is 0.481 e. The van der Waals surface area contributed by atoms with Gasteiger partial charge < -0.3 is 10.1 Å². The van der Waals surface area contributed by atoms with E-state index in [9.17, 15) is 4.79 Å². The highest BCUT2D eigenvalue weighted by Gasteiger charge is 2.23. The molecule has 0 aliphatic heterocycles. The number of amides is 1. The van der Waals surface area contributed by atoms with Crippen LogP contribution in [0, 0.1) is 6.92 Å². The van der Waals surface area contributed by atoms with E-state index in [0.29, 0.717) is 17.4 Å². The lowest BCUT2D eigenvalue weighted by Crippen LogP contribution is -2.31. The molecule has 0 aliphatic rings. The smallest absolute Gasteiger partial charge is 0.266 e. The van der Waals surface area contributed by atoms with Crippen molar-refractivity contribution in [3.63, 3.8) is 0 Å². The molecule has 7 nitrogen and oxygen atoms in total. The molecule has 7 heteroatoms. The maximum Gasteiger partial charge on any atom is 0.266 e.